The number of nitro groups is 1. The Kier molecular flexibility index (Phi) is 5.76. The van der Waals surface area contributed by atoms with E-state index in [0.717, 1.165) is 17.8 Å². The lowest BCUT2D eigenvalue weighted by Gasteiger charge is -2.16. The van der Waals surface area contributed by atoms with Crippen LogP contribution in [0.2, 0.25) is 0 Å². The summed E-state index contributed by atoms with van der Waals surface area (Å²) in [5, 5.41) is 19.4. The van der Waals surface area contributed by atoms with E-state index >= 15 is 0 Å². The molecule has 0 radical (unpaired) electrons. The summed E-state index contributed by atoms with van der Waals surface area (Å²) in [6, 6.07) is 3.98. The monoisotopic (exact) mass is 378 g/mol. The molecule has 9 nitrogen and oxygen atoms in total. The van der Waals surface area contributed by atoms with E-state index in [1.54, 1.807) is 32.4 Å². The van der Waals surface area contributed by atoms with Gasteiger partial charge in [-0.15, -0.1) is 10.2 Å². The first-order valence-electron chi connectivity index (χ1n) is 7.60. The summed E-state index contributed by atoms with van der Waals surface area (Å²) >= 11 is 1.06. The zero-order valence-electron chi connectivity index (χ0n) is 14.8. The van der Waals surface area contributed by atoms with E-state index in [4.69, 9.17) is 4.74 Å². The zero-order valence-corrected chi connectivity index (χ0v) is 15.6. The third kappa shape index (κ3) is 4.66. The normalized spacial score (nSPS) is 11.2. The van der Waals surface area contributed by atoms with Gasteiger partial charge in [0.1, 0.15) is 6.33 Å². The van der Waals surface area contributed by atoms with Crippen molar-refractivity contribution in [3.8, 4) is 0 Å². The Morgan fingerprint density at radius 3 is 2.58 bits per heavy atom. The second-order valence-corrected chi connectivity index (χ2v) is 7.52. The van der Waals surface area contributed by atoms with E-state index in [0.29, 0.717) is 10.1 Å². The minimum atomic E-state index is -0.791. The molecule has 0 amide bonds. The number of aromatic nitrogens is 3. The quantitative estimate of drug-likeness (QED) is 0.428. The van der Waals surface area contributed by atoms with Crippen LogP contribution in [0.5, 0.6) is 0 Å². The highest BCUT2D eigenvalue weighted by atomic mass is 32.2. The number of carbonyl (C=O) groups excluding carboxylic acids is 2. The van der Waals surface area contributed by atoms with Crippen LogP contribution >= 0.6 is 11.8 Å². The molecule has 0 fully saturated rings. The van der Waals surface area contributed by atoms with E-state index in [-0.39, 0.29) is 23.6 Å². The molecule has 0 unspecified atom stereocenters. The van der Waals surface area contributed by atoms with Gasteiger partial charge in [-0.3, -0.25) is 14.9 Å². The van der Waals surface area contributed by atoms with Gasteiger partial charge in [0.25, 0.3) is 5.69 Å². The molecule has 10 heteroatoms. The van der Waals surface area contributed by atoms with Gasteiger partial charge in [-0.1, -0.05) is 20.8 Å². The van der Waals surface area contributed by atoms with Gasteiger partial charge in [0.15, 0.2) is 17.5 Å². The maximum absolute atomic E-state index is 12.1. The van der Waals surface area contributed by atoms with Crippen molar-refractivity contribution in [1.82, 2.24) is 14.8 Å². The minimum absolute atomic E-state index is 0.000671. The number of nitro benzene ring substituents is 1. The summed E-state index contributed by atoms with van der Waals surface area (Å²) in [6.07, 6.45) is 1.48. The molecule has 0 aliphatic heterocycles. The van der Waals surface area contributed by atoms with Gasteiger partial charge in [-0.2, -0.15) is 0 Å². The number of nitrogens with zero attached hydrogens (tertiary/aromatic N) is 4. The molecule has 26 heavy (non-hydrogen) atoms. The number of rotatable bonds is 6. The lowest BCUT2D eigenvalue weighted by Crippen LogP contribution is -2.26. The van der Waals surface area contributed by atoms with Crippen LogP contribution in [0.3, 0.4) is 0 Å². The Hall–Kier alpha value is -2.75. The van der Waals surface area contributed by atoms with Gasteiger partial charge >= 0.3 is 5.97 Å². The van der Waals surface area contributed by atoms with Gasteiger partial charge in [-0.25, -0.2) is 4.79 Å². The summed E-state index contributed by atoms with van der Waals surface area (Å²) in [5.41, 5.74) is -0.890. The number of aryl methyl sites for hydroxylation is 1. The van der Waals surface area contributed by atoms with Crippen molar-refractivity contribution in [3.05, 3.63) is 40.2 Å². The van der Waals surface area contributed by atoms with Crippen molar-refractivity contribution in [2.75, 3.05) is 6.61 Å². The van der Waals surface area contributed by atoms with E-state index in [1.165, 1.54) is 18.5 Å². The standard InChI is InChI=1S/C16H18N4O5S/c1-16(2,3)13(21)8-25-14(22)10-5-6-12(11(7-10)20(23)24)26-15-18-17-9-19(15)4/h5-7,9H,8H2,1-4H3. The molecular formula is C16H18N4O5S. The molecule has 1 aromatic carbocycles. The zero-order chi connectivity index (χ0) is 19.5. The molecule has 0 atom stereocenters. The van der Waals surface area contributed by atoms with Crippen LogP contribution in [0.4, 0.5) is 5.69 Å². The smallest absolute Gasteiger partial charge is 0.338 e. The fourth-order valence-electron chi connectivity index (χ4n) is 1.77. The van der Waals surface area contributed by atoms with E-state index in [2.05, 4.69) is 10.2 Å². The molecule has 0 bridgehead atoms. The average Bonchev–Trinajstić information content (AvgIpc) is 2.96. The molecule has 0 spiro atoms. The van der Waals surface area contributed by atoms with E-state index < -0.39 is 16.3 Å². The molecule has 0 N–H and O–H groups in total. The molecule has 1 heterocycles. The molecule has 0 aliphatic rings. The molecule has 2 aromatic rings. The average molecular weight is 378 g/mol. The highest BCUT2D eigenvalue weighted by Gasteiger charge is 2.24. The van der Waals surface area contributed by atoms with Crippen molar-refractivity contribution >= 4 is 29.2 Å². The lowest BCUT2D eigenvalue weighted by atomic mass is 9.91. The van der Waals surface area contributed by atoms with Gasteiger partial charge < -0.3 is 9.30 Å². The van der Waals surface area contributed by atoms with Crippen molar-refractivity contribution in [3.63, 3.8) is 0 Å². The van der Waals surface area contributed by atoms with E-state index in [1.807, 2.05) is 0 Å². The van der Waals surface area contributed by atoms with Crippen molar-refractivity contribution < 1.29 is 19.2 Å². The Morgan fingerprint density at radius 1 is 1.35 bits per heavy atom. The van der Waals surface area contributed by atoms with Gasteiger partial charge in [0.2, 0.25) is 0 Å². The summed E-state index contributed by atoms with van der Waals surface area (Å²) < 4.78 is 6.59. The van der Waals surface area contributed by atoms with Gasteiger partial charge in [0, 0.05) is 18.5 Å². The molecule has 0 saturated carbocycles. The SMILES string of the molecule is Cn1cnnc1Sc1ccc(C(=O)OCC(=O)C(C)(C)C)cc1[N+](=O)[O-]. The number of benzene rings is 1. The van der Waals surface area contributed by atoms with Crippen LogP contribution in [-0.2, 0) is 16.6 Å². The number of hydrogen-bond acceptors (Lipinski definition) is 8. The van der Waals surface area contributed by atoms with Crippen molar-refractivity contribution in [2.45, 2.75) is 30.8 Å². The Balaban J connectivity index is 2.19. The predicted molar refractivity (Wildman–Crippen MR) is 93.0 cm³/mol. The largest absolute Gasteiger partial charge is 0.454 e. The minimum Gasteiger partial charge on any atom is -0.454 e. The van der Waals surface area contributed by atoms with Crippen LogP contribution in [0, 0.1) is 15.5 Å². The van der Waals surface area contributed by atoms with Crippen LogP contribution < -0.4 is 0 Å². The fourth-order valence-corrected chi connectivity index (χ4v) is 2.62. The molecule has 2 rings (SSSR count). The highest BCUT2D eigenvalue weighted by molar-refractivity contribution is 7.99. The van der Waals surface area contributed by atoms with Gasteiger partial charge in [-0.05, 0) is 23.9 Å². The maximum atomic E-state index is 12.1. The number of carbonyl (C=O) groups is 2. The topological polar surface area (TPSA) is 117 Å². The highest BCUT2D eigenvalue weighted by Crippen LogP contribution is 2.34. The third-order valence-electron chi connectivity index (χ3n) is 3.43. The summed E-state index contributed by atoms with van der Waals surface area (Å²) in [4.78, 5) is 35.0. The first kappa shape index (κ1) is 19.6. The summed E-state index contributed by atoms with van der Waals surface area (Å²) in [5.74, 6) is -1.03. The van der Waals surface area contributed by atoms with Crippen LogP contribution in [0.15, 0.2) is 34.6 Å². The molecule has 0 aliphatic carbocycles. The Morgan fingerprint density at radius 2 is 2.04 bits per heavy atom. The maximum Gasteiger partial charge on any atom is 0.338 e. The number of ketones is 1. The van der Waals surface area contributed by atoms with Crippen molar-refractivity contribution in [2.24, 2.45) is 12.5 Å². The Labute approximate surface area is 153 Å². The first-order valence-corrected chi connectivity index (χ1v) is 8.42. The summed E-state index contributed by atoms with van der Waals surface area (Å²) in [6.45, 7) is 4.76. The lowest BCUT2D eigenvalue weighted by molar-refractivity contribution is -0.387. The van der Waals surface area contributed by atoms with Crippen molar-refractivity contribution in [1.29, 1.82) is 0 Å². The second-order valence-electron chi connectivity index (χ2n) is 6.52. The number of esters is 1. The molecule has 138 valence electrons. The Bertz CT molecular complexity index is 857. The molecule has 0 saturated heterocycles. The van der Waals surface area contributed by atoms with Crippen LogP contribution in [-0.4, -0.2) is 38.0 Å². The first-order chi connectivity index (χ1) is 12.1. The third-order valence-corrected chi connectivity index (χ3v) is 4.55. The van der Waals surface area contributed by atoms with Crippen LogP contribution in [0.25, 0.3) is 0 Å². The van der Waals surface area contributed by atoms with Gasteiger partial charge in [0.05, 0.1) is 15.4 Å². The number of Topliss-reactive ketones (excluding diaryl/α,β-unsaturated/α-hetero) is 1. The fraction of sp³-hybridized carbons (Fsp3) is 0.375. The predicted octanol–water partition coefficient (Wildman–Crippen LogP) is 2.65. The molecular weight excluding hydrogens is 360 g/mol. The number of ether oxygens (including phenoxy) is 1. The second kappa shape index (κ2) is 7.65. The summed E-state index contributed by atoms with van der Waals surface area (Å²) in [7, 11) is 1.71. The number of hydrogen-bond donors (Lipinski definition) is 0. The molecule has 1 aromatic heterocycles. The van der Waals surface area contributed by atoms with Crippen LogP contribution in [0.1, 0.15) is 31.1 Å². The van der Waals surface area contributed by atoms with E-state index in [9.17, 15) is 19.7 Å².